The molecule has 4 nitrogen and oxygen atoms in total. The molecule has 0 aromatic carbocycles. The van der Waals surface area contributed by atoms with Crippen molar-refractivity contribution in [3.05, 3.63) is 0 Å². The second kappa shape index (κ2) is 5.53. The van der Waals surface area contributed by atoms with Gasteiger partial charge in [0.1, 0.15) is 0 Å². The first kappa shape index (κ1) is 8.39. The van der Waals surface area contributed by atoms with E-state index in [0.717, 1.165) is 6.21 Å². The van der Waals surface area contributed by atoms with Gasteiger partial charge in [0.25, 0.3) is 0 Å². The minimum Gasteiger partial charge on any atom is -0.411 e. The number of hydrogen-bond donors (Lipinski definition) is 3. The van der Waals surface area contributed by atoms with Crippen LogP contribution in [0.2, 0.25) is 0 Å². The van der Waals surface area contributed by atoms with Gasteiger partial charge in [0.15, 0.2) is 0 Å². The van der Waals surface area contributed by atoms with Crippen LogP contribution in [-0.4, -0.2) is 34.3 Å². The number of rotatable bonds is 4. The Kier molecular flexibility index (Phi) is 5.15. The quantitative estimate of drug-likeness (QED) is 0.277. The van der Waals surface area contributed by atoms with Crippen molar-refractivity contribution >= 4 is 6.21 Å². The monoisotopic (exact) mass is 133 g/mol. The molecule has 0 saturated heterocycles. The molecular weight excluding hydrogens is 122 g/mol. The predicted molar refractivity (Wildman–Crippen MR) is 32.6 cm³/mol. The van der Waals surface area contributed by atoms with Gasteiger partial charge in [0.05, 0.1) is 12.3 Å². The van der Waals surface area contributed by atoms with Crippen LogP contribution in [0.25, 0.3) is 0 Å². The van der Waals surface area contributed by atoms with Gasteiger partial charge in [-0.25, -0.2) is 0 Å². The normalized spacial score (nSPS) is 14.4. The summed E-state index contributed by atoms with van der Waals surface area (Å²) in [5, 5.41) is 27.5. The second-order valence-corrected chi connectivity index (χ2v) is 1.70. The molecule has 1 atom stereocenters. The van der Waals surface area contributed by atoms with Crippen LogP contribution in [-0.2, 0) is 0 Å². The van der Waals surface area contributed by atoms with Crippen molar-refractivity contribution in [1.29, 1.82) is 0 Å². The summed E-state index contributed by atoms with van der Waals surface area (Å²) in [6.45, 7) is 0.0519. The third-order valence-electron chi connectivity index (χ3n) is 0.897. The fourth-order valence-corrected chi connectivity index (χ4v) is 0.452. The molecule has 4 heteroatoms. The number of hydrogen-bond acceptors (Lipinski definition) is 4. The van der Waals surface area contributed by atoms with Gasteiger partial charge in [0, 0.05) is 6.61 Å². The summed E-state index contributed by atoms with van der Waals surface area (Å²) in [6.07, 6.45) is 1.24. The molecular formula is C5H11NO3. The van der Waals surface area contributed by atoms with Gasteiger partial charge >= 0.3 is 0 Å². The maximum absolute atomic E-state index is 8.76. The highest BCUT2D eigenvalue weighted by Crippen LogP contribution is 1.91. The van der Waals surface area contributed by atoms with Crippen LogP contribution in [0.3, 0.4) is 0 Å². The average Bonchev–Trinajstić information content (AvgIpc) is 1.85. The highest BCUT2D eigenvalue weighted by Gasteiger charge is 1.97. The van der Waals surface area contributed by atoms with Crippen LogP contribution in [0.5, 0.6) is 0 Å². The van der Waals surface area contributed by atoms with Crippen LogP contribution >= 0.6 is 0 Å². The van der Waals surface area contributed by atoms with Crippen molar-refractivity contribution in [2.75, 3.05) is 6.61 Å². The van der Waals surface area contributed by atoms with Crippen LogP contribution < -0.4 is 0 Å². The van der Waals surface area contributed by atoms with Gasteiger partial charge in [0.2, 0.25) is 0 Å². The van der Waals surface area contributed by atoms with E-state index in [-0.39, 0.29) is 6.61 Å². The third kappa shape index (κ3) is 5.26. The van der Waals surface area contributed by atoms with E-state index in [4.69, 9.17) is 15.4 Å². The average molecular weight is 133 g/mol. The van der Waals surface area contributed by atoms with Gasteiger partial charge in [-0.1, -0.05) is 5.16 Å². The fourth-order valence-electron chi connectivity index (χ4n) is 0.452. The summed E-state index contributed by atoms with van der Waals surface area (Å²) in [6, 6.07) is 0. The number of oxime groups is 1. The first-order valence-electron chi connectivity index (χ1n) is 2.77. The molecule has 1 unspecified atom stereocenters. The SMILES string of the molecule is OCCCC(O)/C=N/O. The smallest absolute Gasteiger partial charge is 0.0925 e. The molecule has 0 rings (SSSR count). The Bertz CT molecular complexity index is 84.3. The highest BCUT2D eigenvalue weighted by atomic mass is 16.4. The first-order valence-corrected chi connectivity index (χ1v) is 2.77. The molecule has 0 aromatic rings. The van der Waals surface area contributed by atoms with E-state index < -0.39 is 6.10 Å². The molecule has 0 aliphatic carbocycles. The molecule has 0 spiro atoms. The van der Waals surface area contributed by atoms with Gasteiger partial charge in [-0.3, -0.25) is 0 Å². The molecule has 0 heterocycles. The standard InChI is InChI=1S/C5H11NO3/c7-3-1-2-5(8)4-6-9/h4-5,7-9H,1-3H2/b6-4+. The molecule has 0 aliphatic heterocycles. The summed E-state index contributed by atoms with van der Waals surface area (Å²) in [5.41, 5.74) is 0. The Balaban J connectivity index is 3.15. The lowest BCUT2D eigenvalue weighted by Crippen LogP contribution is -2.08. The van der Waals surface area contributed by atoms with Crippen molar-refractivity contribution < 1.29 is 15.4 Å². The predicted octanol–water partition coefficient (Wildman–Crippen LogP) is -0.420. The molecule has 54 valence electrons. The first-order chi connectivity index (χ1) is 4.31. The van der Waals surface area contributed by atoms with E-state index in [9.17, 15) is 0 Å². The Hall–Kier alpha value is -0.610. The molecule has 0 fully saturated rings. The largest absolute Gasteiger partial charge is 0.411 e. The Morgan fingerprint density at radius 3 is 2.67 bits per heavy atom. The topological polar surface area (TPSA) is 73.0 Å². The van der Waals surface area contributed by atoms with Crippen molar-refractivity contribution in [3.8, 4) is 0 Å². The zero-order valence-electron chi connectivity index (χ0n) is 5.06. The molecule has 0 amide bonds. The third-order valence-corrected chi connectivity index (χ3v) is 0.897. The zero-order chi connectivity index (χ0) is 7.11. The van der Waals surface area contributed by atoms with Crippen molar-refractivity contribution in [1.82, 2.24) is 0 Å². The zero-order valence-corrected chi connectivity index (χ0v) is 5.06. The van der Waals surface area contributed by atoms with Crippen LogP contribution in [0.15, 0.2) is 5.16 Å². The van der Waals surface area contributed by atoms with Gasteiger partial charge in [-0.15, -0.1) is 0 Å². The number of nitrogens with zero attached hydrogens (tertiary/aromatic N) is 1. The lowest BCUT2D eigenvalue weighted by Gasteiger charge is -1.99. The Morgan fingerprint density at radius 1 is 1.56 bits per heavy atom. The summed E-state index contributed by atoms with van der Waals surface area (Å²) in [7, 11) is 0. The van der Waals surface area contributed by atoms with E-state index in [1.165, 1.54) is 0 Å². The van der Waals surface area contributed by atoms with Crippen LogP contribution in [0.4, 0.5) is 0 Å². The highest BCUT2D eigenvalue weighted by molar-refractivity contribution is 5.61. The lowest BCUT2D eigenvalue weighted by atomic mass is 10.2. The molecule has 9 heavy (non-hydrogen) atoms. The van der Waals surface area contributed by atoms with Gasteiger partial charge in [-0.2, -0.15) is 0 Å². The Labute approximate surface area is 53.4 Å². The summed E-state index contributed by atoms with van der Waals surface area (Å²) in [5.74, 6) is 0. The maximum Gasteiger partial charge on any atom is 0.0925 e. The van der Waals surface area contributed by atoms with Crippen molar-refractivity contribution in [2.45, 2.75) is 18.9 Å². The Morgan fingerprint density at radius 2 is 2.22 bits per heavy atom. The summed E-state index contributed by atoms with van der Waals surface area (Å²) in [4.78, 5) is 0. The molecule has 0 radical (unpaired) electrons. The molecule has 0 aliphatic rings. The number of aliphatic hydroxyl groups excluding tert-OH is 2. The maximum atomic E-state index is 8.76. The van der Waals surface area contributed by atoms with Crippen molar-refractivity contribution in [2.24, 2.45) is 5.16 Å². The van der Waals surface area contributed by atoms with E-state index >= 15 is 0 Å². The molecule has 0 saturated carbocycles. The van der Waals surface area contributed by atoms with Crippen LogP contribution in [0, 0.1) is 0 Å². The molecule has 3 N–H and O–H groups in total. The second-order valence-electron chi connectivity index (χ2n) is 1.70. The molecule has 0 aromatic heterocycles. The summed E-state index contributed by atoms with van der Waals surface area (Å²) >= 11 is 0. The van der Waals surface area contributed by atoms with Crippen molar-refractivity contribution in [3.63, 3.8) is 0 Å². The van der Waals surface area contributed by atoms with Gasteiger partial charge in [-0.05, 0) is 12.8 Å². The lowest BCUT2D eigenvalue weighted by molar-refractivity contribution is 0.203. The minimum absolute atomic E-state index is 0.0519. The van der Waals surface area contributed by atoms with E-state index in [2.05, 4.69) is 5.16 Å². The van der Waals surface area contributed by atoms with E-state index in [1.807, 2.05) is 0 Å². The van der Waals surface area contributed by atoms with E-state index in [0.29, 0.717) is 12.8 Å². The fraction of sp³-hybridized carbons (Fsp3) is 0.800. The van der Waals surface area contributed by atoms with Crippen LogP contribution in [0.1, 0.15) is 12.8 Å². The molecule has 0 bridgehead atoms. The van der Waals surface area contributed by atoms with E-state index in [1.54, 1.807) is 0 Å². The number of aliphatic hydroxyl groups is 2. The summed E-state index contributed by atoms with van der Waals surface area (Å²) < 4.78 is 0. The minimum atomic E-state index is -0.734. The van der Waals surface area contributed by atoms with Gasteiger partial charge < -0.3 is 15.4 Å².